The molecular formula is C21H34N4O2. The van der Waals surface area contributed by atoms with Crippen molar-refractivity contribution in [2.45, 2.75) is 58.6 Å². The van der Waals surface area contributed by atoms with Crippen molar-refractivity contribution in [3.05, 3.63) is 23.9 Å². The number of likely N-dealkylation sites (tertiary alicyclic amines) is 1. The predicted octanol–water partition coefficient (Wildman–Crippen LogP) is 3.69. The van der Waals surface area contributed by atoms with Crippen LogP contribution in [0.5, 0.6) is 0 Å². The normalized spacial score (nSPS) is 21.6. The van der Waals surface area contributed by atoms with E-state index in [2.05, 4.69) is 28.9 Å². The van der Waals surface area contributed by atoms with Crippen LogP contribution in [0.4, 0.5) is 10.6 Å². The number of aromatic nitrogens is 1. The van der Waals surface area contributed by atoms with E-state index in [1.807, 2.05) is 27.0 Å². The summed E-state index contributed by atoms with van der Waals surface area (Å²) < 4.78 is 5.47. The van der Waals surface area contributed by atoms with Crippen LogP contribution in [-0.4, -0.2) is 65.7 Å². The maximum Gasteiger partial charge on any atom is 0.410 e. The molecule has 6 heteroatoms. The van der Waals surface area contributed by atoms with Crippen molar-refractivity contribution in [3.8, 4) is 0 Å². The molecule has 1 unspecified atom stereocenters. The minimum Gasteiger partial charge on any atom is -0.444 e. The molecule has 6 nitrogen and oxygen atoms in total. The first kappa shape index (κ1) is 19.9. The molecule has 2 fully saturated rings. The van der Waals surface area contributed by atoms with Gasteiger partial charge in [0, 0.05) is 38.4 Å². The standard InChI is InChI=1S/C21H34N4O2/c1-5-10-23-11-6-7-18(23)17-8-9-19(22-16-17)24-12-14-25(15-13-24)20(26)27-21(2,3)4/h8-9,16,18H,5-7,10-15H2,1-4H3. The van der Waals surface area contributed by atoms with Gasteiger partial charge in [-0.3, -0.25) is 4.90 Å². The van der Waals surface area contributed by atoms with Crippen LogP contribution in [0.1, 0.15) is 58.6 Å². The largest absolute Gasteiger partial charge is 0.444 e. The molecule has 0 spiro atoms. The Morgan fingerprint density at radius 2 is 1.93 bits per heavy atom. The lowest BCUT2D eigenvalue weighted by molar-refractivity contribution is 0.0240. The van der Waals surface area contributed by atoms with Gasteiger partial charge >= 0.3 is 6.09 Å². The number of amides is 1. The van der Waals surface area contributed by atoms with Gasteiger partial charge in [0.25, 0.3) is 0 Å². The Morgan fingerprint density at radius 3 is 2.52 bits per heavy atom. The van der Waals surface area contributed by atoms with Gasteiger partial charge in [0.2, 0.25) is 0 Å². The summed E-state index contributed by atoms with van der Waals surface area (Å²) in [5.41, 5.74) is 0.884. The zero-order valence-electron chi connectivity index (χ0n) is 17.3. The molecule has 3 rings (SSSR count). The second-order valence-corrected chi connectivity index (χ2v) is 8.60. The van der Waals surface area contributed by atoms with Crippen molar-refractivity contribution < 1.29 is 9.53 Å². The number of ether oxygens (including phenoxy) is 1. The maximum absolute atomic E-state index is 12.2. The lowest BCUT2D eigenvalue weighted by atomic mass is 10.1. The number of carbonyl (C=O) groups is 1. The van der Waals surface area contributed by atoms with E-state index in [0.717, 1.165) is 18.9 Å². The number of anilines is 1. The van der Waals surface area contributed by atoms with Crippen molar-refractivity contribution in [2.24, 2.45) is 0 Å². The summed E-state index contributed by atoms with van der Waals surface area (Å²) in [6, 6.07) is 4.90. The van der Waals surface area contributed by atoms with Crippen LogP contribution in [0, 0.1) is 0 Å². The van der Waals surface area contributed by atoms with Gasteiger partial charge in [0.1, 0.15) is 11.4 Å². The molecule has 3 heterocycles. The van der Waals surface area contributed by atoms with E-state index in [4.69, 9.17) is 9.72 Å². The van der Waals surface area contributed by atoms with Gasteiger partial charge in [0.05, 0.1) is 0 Å². The van der Waals surface area contributed by atoms with Gasteiger partial charge in [-0.15, -0.1) is 0 Å². The number of hydrogen-bond acceptors (Lipinski definition) is 5. The third-order valence-electron chi connectivity index (χ3n) is 5.29. The average molecular weight is 375 g/mol. The molecule has 0 aliphatic carbocycles. The first-order valence-electron chi connectivity index (χ1n) is 10.3. The maximum atomic E-state index is 12.2. The SMILES string of the molecule is CCCN1CCCC1c1ccc(N2CCN(C(=O)OC(C)(C)C)CC2)nc1. The number of piperazine rings is 1. The van der Waals surface area contributed by atoms with Crippen molar-refractivity contribution in [1.29, 1.82) is 0 Å². The van der Waals surface area contributed by atoms with Crippen molar-refractivity contribution in [1.82, 2.24) is 14.8 Å². The molecule has 1 aromatic heterocycles. The Bertz CT molecular complexity index is 618. The topological polar surface area (TPSA) is 48.9 Å². The number of rotatable bonds is 4. The molecule has 2 aliphatic rings. The van der Waals surface area contributed by atoms with Crippen LogP contribution in [0.15, 0.2) is 18.3 Å². The highest BCUT2D eigenvalue weighted by molar-refractivity contribution is 5.68. The molecule has 0 N–H and O–H groups in total. The smallest absolute Gasteiger partial charge is 0.410 e. The summed E-state index contributed by atoms with van der Waals surface area (Å²) in [4.78, 5) is 23.6. The number of nitrogens with zero attached hydrogens (tertiary/aromatic N) is 4. The molecule has 0 bridgehead atoms. The molecule has 1 atom stereocenters. The second-order valence-electron chi connectivity index (χ2n) is 8.60. The summed E-state index contributed by atoms with van der Waals surface area (Å²) in [6.45, 7) is 13.2. The fourth-order valence-corrected chi connectivity index (χ4v) is 3.98. The average Bonchev–Trinajstić information content (AvgIpc) is 3.09. The highest BCUT2D eigenvalue weighted by Gasteiger charge is 2.27. The lowest BCUT2D eigenvalue weighted by Crippen LogP contribution is -2.50. The van der Waals surface area contributed by atoms with Gasteiger partial charge in [-0.05, 0) is 64.8 Å². The van der Waals surface area contributed by atoms with E-state index in [9.17, 15) is 4.79 Å². The molecule has 0 aromatic carbocycles. The molecule has 2 aliphatic heterocycles. The monoisotopic (exact) mass is 374 g/mol. The first-order chi connectivity index (χ1) is 12.9. The Morgan fingerprint density at radius 1 is 1.19 bits per heavy atom. The van der Waals surface area contributed by atoms with Crippen LogP contribution >= 0.6 is 0 Å². The summed E-state index contributed by atoms with van der Waals surface area (Å²) in [5.74, 6) is 1.00. The molecular weight excluding hydrogens is 340 g/mol. The van der Waals surface area contributed by atoms with E-state index in [1.165, 1.54) is 37.9 Å². The summed E-state index contributed by atoms with van der Waals surface area (Å²) in [5, 5.41) is 0. The Balaban J connectivity index is 1.55. The molecule has 1 amide bonds. The minimum atomic E-state index is -0.447. The van der Waals surface area contributed by atoms with Gasteiger partial charge in [-0.25, -0.2) is 9.78 Å². The molecule has 1 aromatic rings. The van der Waals surface area contributed by atoms with Crippen LogP contribution in [0.3, 0.4) is 0 Å². The van der Waals surface area contributed by atoms with Crippen LogP contribution in [-0.2, 0) is 4.74 Å². The summed E-state index contributed by atoms with van der Waals surface area (Å²) in [7, 11) is 0. The molecule has 0 saturated carbocycles. The van der Waals surface area contributed by atoms with E-state index in [1.54, 1.807) is 4.90 Å². The Labute approximate surface area is 163 Å². The van der Waals surface area contributed by atoms with Crippen LogP contribution in [0.25, 0.3) is 0 Å². The highest BCUT2D eigenvalue weighted by Crippen LogP contribution is 2.32. The van der Waals surface area contributed by atoms with Crippen molar-refractivity contribution >= 4 is 11.9 Å². The number of carbonyl (C=O) groups excluding carboxylic acids is 1. The Kier molecular flexibility index (Phi) is 6.25. The summed E-state index contributed by atoms with van der Waals surface area (Å²) >= 11 is 0. The minimum absolute atomic E-state index is 0.220. The van der Waals surface area contributed by atoms with E-state index >= 15 is 0 Å². The second kappa shape index (κ2) is 8.46. The molecule has 27 heavy (non-hydrogen) atoms. The van der Waals surface area contributed by atoms with Crippen molar-refractivity contribution in [3.63, 3.8) is 0 Å². The lowest BCUT2D eigenvalue weighted by Gasteiger charge is -2.36. The predicted molar refractivity (Wildman–Crippen MR) is 108 cm³/mol. The zero-order valence-corrected chi connectivity index (χ0v) is 17.3. The van der Waals surface area contributed by atoms with Gasteiger partial charge in [-0.2, -0.15) is 0 Å². The first-order valence-corrected chi connectivity index (χ1v) is 10.3. The third-order valence-corrected chi connectivity index (χ3v) is 5.29. The molecule has 2 saturated heterocycles. The third kappa shape index (κ3) is 5.12. The number of pyridine rings is 1. The van der Waals surface area contributed by atoms with E-state index < -0.39 is 5.60 Å². The van der Waals surface area contributed by atoms with Crippen molar-refractivity contribution in [2.75, 3.05) is 44.2 Å². The van der Waals surface area contributed by atoms with E-state index in [-0.39, 0.29) is 6.09 Å². The van der Waals surface area contributed by atoms with E-state index in [0.29, 0.717) is 19.1 Å². The van der Waals surface area contributed by atoms with Gasteiger partial charge in [0.15, 0.2) is 0 Å². The van der Waals surface area contributed by atoms with Crippen LogP contribution < -0.4 is 4.90 Å². The zero-order chi connectivity index (χ0) is 19.4. The van der Waals surface area contributed by atoms with Crippen LogP contribution in [0.2, 0.25) is 0 Å². The fourth-order valence-electron chi connectivity index (χ4n) is 3.98. The number of hydrogen-bond donors (Lipinski definition) is 0. The van der Waals surface area contributed by atoms with Gasteiger partial charge < -0.3 is 14.5 Å². The molecule has 0 radical (unpaired) electrons. The highest BCUT2D eigenvalue weighted by atomic mass is 16.6. The quantitative estimate of drug-likeness (QED) is 0.804. The fraction of sp³-hybridized carbons (Fsp3) is 0.714. The Hall–Kier alpha value is -1.82. The summed E-state index contributed by atoms with van der Waals surface area (Å²) in [6.07, 6.45) is 5.54. The van der Waals surface area contributed by atoms with Gasteiger partial charge in [-0.1, -0.05) is 13.0 Å². The molecule has 150 valence electrons.